The van der Waals surface area contributed by atoms with E-state index in [0.29, 0.717) is 27.2 Å². The van der Waals surface area contributed by atoms with Crippen LogP contribution in [0.4, 0.5) is 0 Å². The van der Waals surface area contributed by atoms with Gasteiger partial charge in [0.05, 0.1) is 17.6 Å². The van der Waals surface area contributed by atoms with Gasteiger partial charge in [-0.3, -0.25) is 4.79 Å². The zero-order chi connectivity index (χ0) is 19.8. The minimum atomic E-state index is -0.0427. The summed E-state index contributed by atoms with van der Waals surface area (Å²) < 4.78 is 5.26. The second-order valence-corrected chi connectivity index (χ2v) is 7.34. The van der Waals surface area contributed by atoms with Crippen LogP contribution in [-0.4, -0.2) is 12.1 Å². The fourth-order valence-electron chi connectivity index (χ4n) is 3.49. The molecule has 0 radical (unpaired) electrons. The van der Waals surface area contributed by atoms with E-state index in [1.807, 2.05) is 31.2 Å². The van der Waals surface area contributed by atoms with Gasteiger partial charge in [-0.1, -0.05) is 65.7 Å². The number of methoxy groups -OCH3 is 1. The molecular weight excluding hydrogens is 370 g/mol. The van der Waals surface area contributed by atoms with Crippen LogP contribution in [0.1, 0.15) is 11.3 Å². The summed E-state index contributed by atoms with van der Waals surface area (Å²) in [6, 6.07) is 19.9. The molecule has 1 heterocycles. The fourth-order valence-corrected chi connectivity index (χ4v) is 3.73. The van der Waals surface area contributed by atoms with Gasteiger partial charge in [-0.15, -0.1) is 0 Å². The number of nitrogens with one attached hydrogen (secondary N) is 1. The van der Waals surface area contributed by atoms with E-state index in [2.05, 4.69) is 36.2 Å². The van der Waals surface area contributed by atoms with Crippen LogP contribution in [0.25, 0.3) is 33.2 Å². The summed E-state index contributed by atoms with van der Waals surface area (Å²) >= 11 is 6.24. The third kappa shape index (κ3) is 3.19. The smallest absolute Gasteiger partial charge is 0.197 e. The molecule has 0 saturated carbocycles. The Morgan fingerprint density at radius 3 is 2.04 bits per heavy atom. The number of hydrogen-bond acceptors (Lipinski definition) is 2. The van der Waals surface area contributed by atoms with Crippen molar-refractivity contribution in [3.63, 3.8) is 0 Å². The van der Waals surface area contributed by atoms with Gasteiger partial charge in [0.2, 0.25) is 0 Å². The Balaban J connectivity index is 1.82. The molecule has 0 aliphatic rings. The molecule has 0 amide bonds. The first-order valence-corrected chi connectivity index (χ1v) is 9.43. The summed E-state index contributed by atoms with van der Waals surface area (Å²) in [4.78, 5) is 16.5. The highest BCUT2D eigenvalue weighted by atomic mass is 35.5. The molecule has 3 aromatic carbocycles. The Kier molecular flexibility index (Phi) is 4.70. The van der Waals surface area contributed by atoms with E-state index in [9.17, 15) is 4.79 Å². The first-order valence-electron chi connectivity index (χ1n) is 9.05. The lowest BCUT2D eigenvalue weighted by atomic mass is 9.97. The number of halogens is 1. The number of benzene rings is 3. The van der Waals surface area contributed by atoms with Crippen molar-refractivity contribution in [1.29, 1.82) is 0 Å². The number of fused-ring (bicyclic) bond motifs is 1. The molecule has 0 aliphatic heterocycles. The topological polar surface area (TPSA) is 42.1 Å². The Morgan fingerprint density at radius 2 is 1.43 bits per heavy atom. The summed E-state index contributed by atoms with van der Waals surface area (Å²) in [5, 5.41) is 0.971. The van der Waals surface area contributed by atoms with Gasteiger partial charge >= 0.3 is 0 Å². The van der Waals surface area contributed by atoms with Crippen LogP contribution < -0.4 is 10.2 Å². The number of rotatable bonds is 3. The Hall–Kier alpha value is -3.04. The molecule has 4 rings (SSSR count). The summed E-state index contributed by atoms with van der Waals surface area (Å²) in [6.45, 7) is 3.98. The van der Waals surface area contributed by atoms with Crippen molar-refractivity contribution in [1.82, 2.24) is 4.98 Å². The van der Waals surface area contributed by atoms with Gasteiger partial charge in [0.15, 0.2) is 5.43 Å². The Morgan fingerprint density at radius 1 is 0.857 bits per heavy atom. The van der Waals surface area contributed by atoms with E-state index in [1.54, 1.807) is 19.2 Å². The molecule has 0 saturated heterocycles. The molecule has 140 valence electrons. The van der Waals surface area contributed by atoms with Crippen molar-refractivity contribution in [3.05, 3.63) is 87.2 Å². The number of aryl methyl sites for hydroxylation is 2. The lowest BCUT2D eigenvalue weighted by molar-refractivity contribution is 0.415. The lowest BCUT2D eigenvalue weighted by Crippen LogP contribution is -2.10. The molecule has 0 unspecified atom stereocenters. The van der Waals surface area contributed by atoms with Crippen LogP contribution in [0, 0.1) is 13.8 Å². The number of hydrogen-bond donors (Lipinski definition) is 1. The van der Waals surface area contributed by atoms with Crippen molar-refractivity contribution in [3.8, 4) is 28.0 Å². The van der Waals surface area contributed by atoms with Crippen molar-refractivity contribution >= 4 is 22.5 Å². The molecule has 0 aliphatic carbocycles. The van der Waals surface area contributed by atoms with E-state index in [4.69, 9.17) is 16.3 Å². The highest BCUT2D eigenvalue weighted by Crippen LogP contribution is 2.30. The largest absolute Gasteiger partial charge is 0.495 e. The van der Waals surface area contributed by atoms with Crippen LogP contribution >= 0.6 is 11.6 Å². The third-order valence-electron chi connectivity index (χ3n) is 5.02. The molecule has 0 fully saturated rings. The normalized spacial score (nSPS) is 11.0. The van der Waals surface area contributed by atoms with Crippen molar-refractivity contribution < 1.29 is 4.74 Å². The monoisotopic (exact) mass is 389 g/mol. The van der Waals surface area contributed by atoms with Crippen LogP contribution in [0.2, 0.25) is 5.02 Å². The van der Waals surface area contributed by atoms with Crippen LogP contribution in [0.3, 0.4) is 0 Å². The molecule has 0 atom stereocenters. The maximum atomic E-state index is 13.2. The summed E-state index contributed by atoms with van der Waals surface area (Å²) in [5.41, 5.74) is 6.51. The van der Waals surface area contributed by atoms with Crippen LogP contribution in [0.5, 0.6) is 5.75 Å². The van der Waals surface area contributed by atoms with E-state index in [1.165, 1.54) is 5.56 Å². The first kappa shape index (κ1) is 18.3. The standard InChI is InChI=1S/C24H20ClNO2/c1-14-4-6-16(7-5-14)17-8-10-18(11-9-17)23-15(2)26-21-13-22(28-3)20(25)12-19(21)24(23)27/h4-13H,1-3H3,(H,26,27). The molecule has 28 heavy (non-hydrogen) atoms. The second-order valence-electron chi connectivity index (χ2n) is 6.93. The van der Waals surface area contributed by atoms with Gasteiger partial charge in [-0.2, -0.15) is 0 Å². The minimum Gasteiger partial charge on any atom is -0.495 e. The van der Waals surface area contributed by atoms with Gasteiger partial charge < -0.3 is 9.72 Å². The molecule has 1 aromatic heterocycles. The quantitative estimate of drug-likeness (QED) is 0.457. The van der Waals surface area contributed by atoms with Crippen molar-refractivity contribution in [2.75, 3.05) is 7.11 Å². The molecule has 0 bridgehead atoms. The first-order chi connectivity index (χ1) is 13.5. The number of aromatic nitrogens is 1. The lowest BCUT2D eigenvalue weighted by Gasteiger charge is -2.11. The zero-order valence-corrected chi connectivity index (χ0v) is 16.7. The summed E-state index contributed by atoms with van der Waals surface area (Å²) in [7, 11) is 1.56. The Bertz CT molecular complexity index is 1220. The number of pyridine rings is 1. The van der Waals surface area contributed by atoms with Crippen LogP contribution in [-0.2, 0) is 0 Å². The molecule has 1 N–H and O–H groups in total. The fraction of sp³-hybridized carbons (Fsp3) is 0.125. The summed E-state index contributed by atoms with van der Waals surface area (Å²) in [6.07, 6.45) is 0. The maximum absolute atomic E-state index is 13.2. The van der Waals surface area contributed by atoms with E-state index < -0.39 is 0 Å². The number of ether oxygens (including phenoxy) is 1. The number of aromatic amines is 1. The molecule has 0 spiro atoms. The van der Waals surface area contributed by atoms with Gasteiger partial charge in [0, 0.05) is 22.7 Å². The Labute approximate surface area is 168 Å². The van der Waals surface area contributed by atoms with Gasteiger partial charge in [0.1, 0.15) is 5.75 Å². The minimum absolute atomic E-state index is 0.0427. The number of H-pyrrole nitrogens is 1. The van der Waals surface area contributed by atoms with Gasteiger partial charge in [0.25, 0.3) is 0 Å². The highest BCUT2D eigenvalue weighted by molar-refractivity contribution is 6.32. The second kappa shape index (κ2) is 7.17. The van der Waals surface area contributed by atoms with Gasteiger partial charge in [-0.05, 0) is 36.6 Å². The van der Waals surface area contributed by atoms with Crippen LogP contribution in [0.15, 0.2) is 65.5 Å². The maximum Gasteiger partial charge on any atom is 0.197 e. The predicted octanol–water partition coefficient (Wildman–Crippen LogP) is 6.14. The van der Waals surface area contributed by atoms with Crippen molar-refractivity contribution in [2.24, 2.45) is 0 Å². The molecule has 4 aromatic rings. The van der Waals surface area contributed by atoms with E-state index >= 15 is 0 Å². The van der Waals surface area contributed by atoms with Gasteiger partial charge in [-0.25, -0.2) is 0 Å². The third-order valence-corrected chi connectivity index (χ3v) is 5.31. The molecule has 4 heteroatoms. The van der Waals surface area contributed by atoms with Crippen molar-refractivity contribution in [2.45, 2.75) is 13.8 Å². The molecular formula is C24H20ClNO2. The average molecular weight is 390 g/mol. The summed E-state index contributed by atoms with van der Waals surface area (Å²) in [5.74, 6) is 0.541. The van der Waals surface area contributed by atoms with E-state index in [-0.39, 0.29) is 5.43 Å². The predicted molar refractivity (Wildman–Crippen MR) is 116 cm³/mol. The molecule has 3 nitrogen and oxygen atoms in total. The van der Waals surface area contributed by atoms with E-state index in [0.717, 1.165) is 22.4 Å². The zero-order valence-electron chi connectivity index (χ0n) is 16.0. The average Bonchev–Trinajstić information content (AvgIpc) is 2.69. The highest BCUT2D eigenvalue weighted by Gasteiger charge is 2.14. The SMILES string of the molecule is COc1cc2[nH]c(C)c(-c3ccc(-c4ccc(C)cc4)cc3)c(=O)c2cc1Cl.